The van der Waals surface area contributed by atoms with E-state index in [1.165, 1.54) is 36.7 Å². The number of para-hydroxylation sites is 2. The molecular formula is C24H24BrN3O5S. The number of halogens is 1. The number of carbonyl (C=O) groups excluding carboxylic acids is 2. The molecule has 0 atom stereocenters. The van der Waals surface area contributed by atoms with Crippen molar-refractivity contribution in [3.05, 3.63) is 83.1 Å². The van der Waals surface area contributed by atoms with Gasteiger partial charge < -0.3 is 10.1 Å². The molecule has 0 saturated heterocycles. The molecule has 2 aromatic carbocycles. The third kappa shape index (κ3) is 6.82. The maximum Gasteiger partial charge on any atom is 0.412 e. The van der Waals surface area contributed by atoms with Gasteiger partial charge >= 0.3 is 6.09 Å². The number of hydrogen-bond donors (Lipinski definition) is 2. The van der Waals surface area contributed by atoms with Crippen molar-refractivity contribution in [3.8, 4) is 0 Å². The zero-order chi connectivity index (χ0) is 24.9. The third-order valence-corrected chi connectivity index (χ3v) is 6.51. The molecule has 2 amide bonds. The number of aromatic nitrogens is 1. The van der Waals surface area contributed by atoms with Crippen molar-refractivity contribution >= 4 is 55.4 Å². The number of ether oxygens (including phenoxy) is 1. The van der Waals surface area contributed by atoms with E-state index >= 15 is 0 Å². The van der Waals surface area contributed by atoms with E-state index in [-0.39, 0.29) is 4.90 Å². The molecule has 3 aromatic rings. The molecule has 0 radical (unpaired) electrons. The lowest BCUT2D eigenvalue weighted by Crippen LogP contribution is -2.27. The summed E-state index contributed by atoms with van der Waals surface area (Å²) in [5, 5.41) is 5.30. The van der Waals surface area contributed by atoms with Gasteiger partial charge in [0.15, 0.2) is 0 Å². The highest BCUT2D eigenvalue weighted by atomic mass is 79.9. The Morgan fingerprint density at radius 1 is 0.971 bits per heavy atom. The molecule has 0 bridgehead atoms. The molecule has 0 fully saturated rings. The van der Waals surface area contributed by atoms with E-state index in [1.807, 2.05) is 0 Å². The van der Waals surface area contributed by atoms with Gasteiger partial charge in [-0.2, -0.15) is 0 Å². The monoisotopic (exact) mass is 545 g/mol. The molecule has 8 nitrogen and oxygen atoms in total. The van der Waals surface area contributed by atoms with Crippen LogP contribution in [0.4, 0.5) is 16.2 Å². The minimum absolute atomic E-state index is 0.147. The minimum atomic E-state index is -3.74. The van der Waals surface area contributed by atoms with Gasteiger partial charge in [-0.25, -0.2) is 17.2 Å². The molecule has 178 valence electrons. The second kappa shape index (κ2) is 10.3. The standard InChI is InChI=1S/C24H24BrN3O5S/c1-24(2,3)33-23(30)27-21-7-5-4-6-20(21)26-22(29)13-8-17-14-15-28(16-17)34(31,32)19-11-9-18(25)10-12-19/h4-16H,1-3H3,(H,26,29)(H,27,30). The molecule has 10 heteroatoms. The van der Waals surface area contributed by atoms with Gasteiger partial charge in [0.05, 0.1) is 16.3 Å². The second-order valence-electron chi connectivity index (χ2n) is 8.23. The van der Waals surface area contributed by atoms with Crippen molar-refractivity contribution in [2.45, 2.75) is 31.3 Å². The summed E-state index contributed by atoms with van der Waals surface area (Å²) < 4.78 is 32.6. The zero-order valence-electron chi connectivity index (χ0n) is 18.8. The van der Waals surface area contributed by atoms with Crippen LogP contribution in [-0.2, 0) is 19.6 Å². The molecule has 0 aliphatic heterocycles. The molecule has 3 rings (SSSR count). The van der Waals surface area contributed by atoms with Crippen molar-refractivity contribution in [2.24, 2.45) is 0 Å². The smallest absolute Gasteiger partial charge is 0.412 e. The Morgan fingerprint density at radius 3 is 2.21 bits per heavy atom. The predicted molar refractivity (Wildman–Crippen MR) is 135 cm³/mol. The van der Waals surface area contributed by atoms with Crippen molar-refractivity contribution in [1.29, 1.82) is 0 Å². The summed E-state index contributed by atoms with van der Waals surface area (Å²) in [5.74, 6) is -0.457. The van der Waals surface area contributed by atoms with E-state index in [0.717, 1.165) is 8.45 Å². The quantitative estimate of drug-likeness (QED) is 0.398. The molecular weight excluding hydrogens is 522 g/mol. The summed E-state index contributed by atoms with van der Waals surface area (Å²) in [4.78, 5) is 24.7. The number of anilines is 2. The van der Waals surface area contributed by atoms with Crippen molar-refractivity contribution in [2.75, 3.05) is 10.6 Å². The maximum absolute atomic E-state index is 12.7. The summed E-state index contributed by atoms with van der Waals surface area (Å²) in [6, 6.07) is 14.6. The highest BCUT2D eigenvalue weighted by Gasteiger charge is 2.18. The summed E-state index contributed by atoms with van der Waals surface area (Å²) in [6.07, 6.45) is 4.95. The highest BCUT2D eigenvalue weighted by molar-refractivity contribution is 9.10. The Bertz CT molecular complexity index is 1320. The van der Waals surface area contributed by atoms with Gasteiger partial charge in [0.2, 0.25) is 5.91 Å². The lowest BCUT2D eigenvalue weighted by Gasteiger charge is -2.20. The Hall–Kier alpha value is -3.37. The van der Waals surface area contributed by atoms with E-state index in [9.17, 15) is 18.0 Å². The van der Waals surface area contributed by atoms with Gasteiger partial charge in [0.25, 0.3) is 10.0 Å². The Kier molecular flexibility index (Phi) is 7.63. The van der Waals surface area contributed by atoms with Crippen LogP contribution in [0.1, 0.15) is 26.3 Å². The molecule has 0 saturated carbocycles. The molecule has 0 unspecified atom stereocenters. The van der Waals surface area contributed by atoms with Crippen molar-refractivity contribution in [1.82, 2.24) is 3.97 Å². The van der Waals surface area contributed by atoms with Crippen LogP contribution >= 0.6 is 15.9 Å². The summed E-state index contributed by atoms with van der Waals surface area (Å²) >= 11 is 3.28. The number of nitrogens with one attached hydrogen (secondary N) is 2. The van der Waals surface area contributed by atoms with Gasteiger partial charge in [-0.05, 0) is 74.9 Å². The first-order valence-corrected chi connectivity index (χ1v) is 12.4. The third-order valence-electron chi connectivity index (χ3n) is 4.33. The number of nitrogens with zero attached hydrogens (tertiary/aromatic N) is 1. The first kappa shape index (κ1) is 25.3. The molecule has 0 aliphatic carbocycles. The summed E-state index contributed by atoms with van der Waals surface area (Å²) in [7, 11) is -3.74. The SMILES string of the molecule is CC(C)(C)OC(=O)Nc1ccccc1NC(=O)C=Cc1ccn(S(=O)(=O)c2ccc(Br)cc2)c1. The number of hydrogen-bond acceptors (Lipinski definition) is 5. The topological polar surface area (TPSA) is 106 Å². The molecule has 0 spiro atoms. The highest BCUT2D eigenvalue weighted by Crippen LogP contribution is 2.22. The van der Waals surface area contributed by atoms with Crippen LogP contribution in [0.25, 0.3) is 6.08 Å². The van der Waals surface area contributed by atoms with E-state index in [2.05, 4.69) is 26.6 Å². The fourth-order valence-corrected chi connectivity index (χ4v) is 4.30. The van der Waals surface area contributed by atoms with Gasteiger partial charge in [0.1, 0.15) is 5.60 Å². The first-order chi connectivity index (χ1) is 15.9. The van der Waals surface area contributed by atoms with Gasteiger partial charge in [0, 0.05) is 22.9 Å². The molecule has 1 heterocycles. The fraction of sp³-hybridized carbons (Fsp3) is 0.167. The Morgan fingerprint density at radius 2 is 1.59 bits per heavy atom. The summed E-state index contributed by atoms with van der Waals surface area (Å²) in [6.45, 7) is 5.26. The van der Waals surface area contributed by atoms with E-state index in [1.54, 1.807) is 63.2 Å². The van der Waals surface area contributed by atoms with Crippen molar-refractivity contribution < 1.29 is 22.7 Å². The van der Waals surface area contributed by atoms with Gasteiger partial charge in [-0.3, -0.25) is 10.1 Å². The van der Waals surface area contributed by atoms with Crippen LogP contribution in [0.3, 0.4) is 0 Å². The van der Waals surface area contributed by atoms with Crippen LogP contribution < -0.4 is 10.6 Å². The maximum atomic E-state index is 12.7. The second-order valence-corrected chi connectivity index (χ2v) is 11.0. The molecule has 1 aromatic heterocycles. The number of benzene rings is 2. The van der Waals surface area contributed by atoms with Gasteiger partial charge in [-0.15, -0.1) is 0 Å². The zero-order valence-corrected chi connectivity index (χ0v) is 21.2. The number of rotatable bonds is 6. The van der Waals surface area contributed by atoms with Crippen LogP contribution in [0.5, 0.6) is 0 Å². The first-order valence-electron chi connectivity index (χ1n) is 10.2. The lowest BCUT2D eigenvalue weighted by molar-refractivity contribution is -0.111. The number of amides is 2. The van der Waals surface area contributed by atoms with E-state index in [4.69, 9.17) is 4.74 Å². The molecule has 2 N–H and O–H groups in total. The van der Waals surface area contributed by atoms with Crippen LogP contribution in [0.15, 0.2) is 82.4 Å². The van der Waals surface area contributed by atoms with Gasteiger partial charge in [-0.1, -0.05) is 28.1 Å². The molecule has 0 aliphatic rings. The Balaban J connectivity index is 1.68. The average Bonchev–Trinajstić information content (AvgIpc) is 3.23. The van der Waals surface area contributed by atoms with Crippen LogP contribution in [0, 0.1) is 0 Å². The number of carbonyl (C=O) groups is 2. The molecule has 34 heavy (non-hydrogen) atoms. The van der Waals surface area contributed by atoms with E-state index in [0.29, 0.717) is 16.9 Å². The Labute approximate surface area is 206 Å². The normalized spacial score (nSPS) is 11.9. The van der Waals surface area contributed by atoms with E-state index < -0.39 is 27.6 Å². The fourth-order valence-electron chi connectivity index (χ4n) is 2.83. The van der Waals surface area contributed by atoms with Crippen LogP contribution in [0.2, 0.25) is 0 Å². The lowest BCUT2D eigenvalue weighted by atomic mass is 10.2. The largest absolute Gasteiger partial charge is 0.444 e. The summed E-state index contributed by atoms with van der Waals surface area (Å²) in [5.41, 5.74) is 0.631. The minimum Gasteiger partial charge on any atom is -0.444 e. The van der Waals surface area contributed by atoms with Crippen LogP contribution in [-0.4, -0.2) is 30.0 Å². The van der Waals surface area contributed by atoms with Crippen molar-refractivity contribution in [3.63, 3.8) is 0 Å². The predicted octanol–water partition coefficient (Wildman–Crippen LogP) is 5.49. The average molecular weight is 546 g/mol.